The average Bonchev–Trinajstić information content (AvgIpc) is 2.46. The molecule has 4 heteroatoms. The Labute approximate surface area is 123 Å². The number of ether oxygens (including phenoxy) is 2. The first-order chi connectivity index (χ1) is 9.64. The van der Waals surface area contributed by atoms with Gasteiger partial charge in [-0.1, -0.05) is 18.5 Å². The Balaban J connectivity index is 2.34. The first-order valence-corrected chi connectivity index (χ1v) is 6.59. The van der Waals surface area contributed by atoms with Crippen molar-refractivity contribution in [2.24, 2.45) is 0 Å². The monoisotopic (exact) mass is 287 g/mol. The first kappa shape index (κ1) is 14.2. The molecule has 2 rings (SSSR count). The van der Waals surface area contributed by atoms with Gasteiger partial charge in [0.2, 0.25) is 0 Å². The fraction of sp³-hybridized carbons (Fsp3) is 0.188. The van der Waals surface area contributed by atoms with Crippen molar-refractivity contribution in [1.29, 1.82) is 5.26 Å². The zero-order valence-corrected chi connectivity index (χ0v) is 12.1. The first-order valence-electron chi connectivity index (χ1n) is 6.21. The van der Waals surface area contributed by atoms with Gasteiger partial charge < -0.3 is 9.47 Å². The van der Waals surface area contributed by atoms with Crippen LogP contribution in [0.15, 0.2) is 36.4 Å². The zero-order valence-electron chi connectivity index (χ0n) is 11.3. The Morgan fingerprint density at radius 1 is 1.05 bits per heavy atom. The molecule has 0 aliphatic heterocycles. The number of aryl methyl sites for hydroxylation is 1. The Morgan fingerprint density at radius 3 is 2.40 bits per heavy atom. The molecule has 0 saturated heterocycles. The van der Waals surface area contributed by atoms with Crippen LogP contribution in [0.4, 0.5) is 0 Å². The molecule has 0 bridgehead atoms. The minimum Gasteiger partial charge on any atom is -0.497 e. The molecule has 0 spiro atoms. The highest BCUT2D eigenvalue weighted by Gasteiger charge is 2.05. The van der Waals surface area contributed by atoms with Crippen LogP contribution in [0.3, 0.4) is 0 Å². The van der Waals surface area contributed by atoms with Gasteiger partial charge in [0, 0.05) is 11.1 Å². The van der Waals surface area contributed by atoms with Crippen LogP contribution in [0, 0.1) is 11.3 Å². The second kappa shape index (κ2) is 6.31. The second-order valence-electron chi connectivity index (χ2n) is 4.26. The van der Waals surface area contributed by atoms with E-state index in [2.05, 4.69) is 6.92 Å². The minimum atomic E-state index is 0.464. The third-order valence-electron chi connectivity index (χ3n) is 2.82. The van der Waals surface area contributed by atoms with Crippen molar-refractivity contribution in [2.45, 2.75) is 13.3 Å². The summed E-state index contributed by atoms with van der Waals surface area (Å²) >= 11 is 5.96. The predicted molar refractivity (Wildman–Crippen MR) is 78.6 cm³/mol. The summed E-state index contributed by atoms with van der Waals surface area (Å²) in [5.74, 6) is 1.93. The second-order valence-corrected chi connectivity index (χ2v) is 4.70. The quantitative estimate of drug-likeness (QED) is 0.827. The summed E-state index contributed by atoms with van der Waals surface area (Å²) in [6, 6.07) is 12.7. The zero-order chi connectivity index (χ0) is 14.5. The van der Waals surface area contributed by atoms with E-state index in [0.29, 0.717) is 22.1 Å². The van der Waals surface area contributed by atoms with E-state index in [1.54, 1.807) is 31.4 Å². The molecular weight excluding hydrogens is 274 g/mol. The maximum absolute atomic E-state index is 8.93. The molecule has 0 N–H and O–H groups in total. The highest BCUT2D eigenvalue weighted by molar-refractivity contribution is 6.30. The molecule has 0 radical (unpaired) electrons. The molecule has 0 unspecified atom stereocenters. The van der Waals surface area contributed by atoms with Crippen LogP contribution in [0.25, 0.3) is 0 Å². The van der Waals surface area contributed by atoms with Crippen molar-refractivity contribution in [3.8, 4) is 23.3 Å². The maximum atomic E-state index is 8.93. The van der Waals surface area contributed by atoms with Crippen molar-refractivity contribution >= 4 is 11.6 Å². The van der Waals surface area contributed by atoms with Gasteiger partial charge in [0.25, 0.3) is 0 Å². The van der Waals surface area contributed by atoms with E-state index in [1.165, 1.54) is 0 Å². The van der Waals surface area contributed by atoms with Gasteiger partial charge in [-0.25, -0.2) is 0 Å². The van der Waals surface area contributed by atoms with Crippen LogP contribution in [0.5, 0.6) is 17.2 Å². The van der Waals surface area contributed by atoms with Crippen LogP contribution >= 0.6 is 11.6 Å². The number of halogens is 1. The summed E-state index contributed by atoms with van der Waals surface area (Å²) in [5, 5.41) is 9.40. The summed E-state index contributed by atoms with van der Waals surface area (Å²) in [6.45, 7) is 2.06. The fourth-order valence-corrected chi connectivity index (χ4v) is 2.06. The number of nitriles is 1. The van der Waals surface area contributed by atoms with Crippen molar-refractivity contribution in [1.82, 2.24) is 0 Å². The van der Waals surface area contributed by atoms with Gasteiger partial charge in [0.15, 0.2) is 0 Å². The highest BCUT2D eigenvalue weighted by Crippen LogP contribution is 2.29. The van der Waals surface area contributed by atoms with Crippen molar-refractivity contribution in [3.63, 3.8) is 0 Å². The molecule has 2 aromatic rings. The van der Waals surface area contributed by atoms with Gasteiger partial charge in [0.05, 0.1) is 18.7 Å². The van der Waals surface area contributed by atoms with Crippen LogP contribution < -0.4 is 9.47 Å². The largest absolute Gasteiger partial charge is 0.497 e. The summed E-state index contributed by atoms with van der Waals surface area (Å²) < 4.78 is 11.0. The molecule has 0 aliphatic rings. The third kappa shape index (κ3) is 3.43. The summed E-state index contributed by atoms with van der Waals surface area (Å²) in [6.07, 6.45) is 0.881. The van der Waals surface area contributed by atoms with Gasteiger partial charge in [-0.2, -0.15) is 5.26 Å². The summed E-state index contributed by atoms with van der Waals surface area (Å²) in [4.78, 5) is 0. The molecule has 20 heavy (non-hydrogen) atoms. The van der Waals surface area contributed by atoms with E-state index < -0.39 is 0 Å². The van der Waals surface area contributed by atoms with Crippen LogP contribution in [0.2, 0.25) is 5.02 Å². The number of nitrogens with zero attached hydrogens (tertiary/aromatic N) is 1. The SMILES string of the molecule is CCc1cc(OC)cc(Oc2cc(Cl)cc(C#N)c2)c1. The topological polar surface area (TPSA) is 42.2 Å². The molecule has 2 aromatic carbocycles. The fourth-order valence-electron chi connectivity index (χ4n) is 1.83. The number of rotatable bonds is 4. The summed E-state index contributed by atoms with van der Waals surface area (Å²) in [5.41, 5.74) is 1.58. The molecule has 0 fully saturated rings. The van der Waals surface area contributed by atoms with Crippen LogP contribution in [0.1, 0.15) is 18.1 Å². The molecule has 0 aliphatic carbocycles. The molecule has 0 saturated carbocycles. The summed E-state index contributed by atoms with van der Waals surface area (Å²) in [7, 11) is 1.62. The van der Waals surface area contributed by atoms with Gasteiger partial charge in [0.1, 0.15) is 17.2 Å². The van der Waals surface area contributed by atoms with E-state index in [4.69, 9.17) is 26.3 Å². The Hall–Kier alpha value is -2.18. The van der Waals surface area contributed by atoms with Crippen LogP contribution in [-0.2, 0) is 6.42 Å². The van der Waals surface area contributed by atoms with E-state index >= 15 is 0 Å². The Bertz CT molecular complexity index is 640. The third-order valence-corrected chi connectivity index (χ3v) is 3.04. The van der Waals surface area contributed by atoms with E-state index in [-0.39, 0.29) is 0 Å². The van der Waals surface area contributed by atoms with Crippen molar-refractivity contribution in [3.05, 3.63) is 52.5 Å². The van der Waals surface area contributed by atoms with Crippen molar-refractivity contribution < 1.29 is 9.47 Å². The molecule has 0 aromatic heterocycles. The maximum Gasteiger partial charge on any atom is 0.131 e. The Kier molecular flexibility index (Phi) is 4.49. The minimum absolute atomic E-state index is 0.464. The average molecular weight is 288 g/mol. The lowest BCUT2D eigenvalue weighted by Crippen LogP contribution is -1.91. The van der Waals surface area contributed by atoms with Gasteiger partial charge in [-0.3, -0.25) is 0 Å². The van der Waals surface area contributed by atoms with E-state index in [1.807, 2.05) is 18.2 Å². The highest BCUT2D eigenvalue weighted by atomic mass is 35.5. The molecule has 3 nitrogen and oxygen atoms in total. The Morgan fingerprint density at radius 2 is 1.75 bits per heavy atom. The lowest BCUT2D eigenvalue weighted by Gasteiger charge is -2.10. The number of benzene rings is 2. The lowest BCUT2D eigenvalue weighted by molar-refractivity contribution is 0.408. The number of hydrogen-bond donors (Lipinski definition) is 0. The van der Waals surface area contributed by atoms with Crippen molar-refractivity contribution in [2.75, 3.05) is 7.11 Å². The molecular formula is C16H14ClNO2. The van der Waals surface area contributed by atoms with E-state index in [9.17, 15) is 0 Å². The van der Waals surface area contributed by atoms with E-state index in [0.717, 1.165) is 17.7 Å². The number of methoxy groups -OCH3 is 1. The van der Waals surface area contributed by atoms with Crippen LogP contribution in [-0.4, -0.2) is 7.11 Å². The smallest absolute Gasteiger partial charge is 0.131 e. The molecule has 102 valence electrons. The van der Waals surface area contributed by atoms with Gasteiger partial charge in [-0.15, -0.1) is 0 Å². The van der Waals surface area contributed by atoms with Gasteiger partial charge in [-0.05, 0) is 42.3 Å². The number of hydrogen-bond acceptors (Lipinski definition) is 3. The molecule has 0 atom stereocenters. The standard InChI is InChI=1S/C16H14ClNO2/c1-3-11-5-14(19-2)9-16(6-11)20-15-7-12(10-18)4-13(17)8-15/h4-9H,3H2,1-2H3. The van der Waals surface area contributed by atoms with Gasteiger partial charge >= 0.3 is 0 Å². The lowest BCUT2D eigenvalue weighted by atomic mass is 10.1. The molecule has 0 heterocycles. The molecule has 0 amide bonds. The normalized spacial score (nSPS) is 9.90. The predicted octanol–water partition coefficient (Wildman–Crippen LogP) is 4.57.